The monoisotopic (exact) mass is 405 g/mol. The Hall–Kier alpha value is -2.16. The van der Waals surface area contributed by atoms with Crippen molar-refractivity contribution in [2.24, 2.45) is 0 Å². The third-order valence-electron chi connectivity index (χ3n) is 4.36. The average Bonchev–Trinajstić information content (AvgIpc) is 3.31. The highest BCUT2D eigenvalue weighted by Crippen LogP contribution is 2.46. The Bertz CT molecular complexity index is 1050. The van der Waals surface area contributed by atoms with Gasteiger partial charge in [0.1, 0.15) is 10.6 Å². The number of carbonyl (C=O) groups excluding carboxylic acids is 1. The number of nitrogens with one attached hydrogen (secondary N) is 1. The van der Waals surface area contributed by atoms with Gasteiger partial charge in [0.2, 0.25) is 15.7 Å². The van der Waals surface area contributed by atoms with Gasteiger partial charge in [-0.2, -0.15) is 11.3 Å². The predicted octanol–water partition coefficient (Wildman–Crippen LogP) is 4.13. The van der Waals surface area contributed by atoms with Crippen molar-refractivity contribution in [1.82, 2.24) is 0 Å². The highest BCUT2D eigenvalue weighted by Gasteiger charge is 2.34. The van der Waals surface area contributed by atoms with Crippen molar-refractivity contribution in [3.8, 4) is 5.75 Å². The lowest BCUT2D eigenvalue weighted by Crippen LogP contribution is -2.23. The van der Waals surface area contributed by atoms with Crippen LogP contribution < -0.4 is 10.1 Å². The largest absolute Gasteiger partial charge is 0.497 e. The van der Waals surface area contributed by atoms with E-state index in [4.69, 9.17) is 4.74 Å². The van der Waals surface area contributed by atoms with E-state index >= 15 is 0 Å². The van der Waals surface area contributed by atoms with Gasteiger partial charge in [0.15, 0.2) is 0 Å². The maximum atomic E-state index is 13.1. The third kappa shape index (κ3) is 2.84. The molecule has 0 radical (unpaired) electrons. The maximum absolute atomic E-state index is 13.1. The number of carbonyl (C=O) groups is 1. The number of fused-ring (bicyclic) bond motifs is 1. The molecule has 26 heavy (non-hydrogen) atoms. The molecule has 2 aromatic heterocycles. The first-order valence-electron chi connectivity index (χ1n) is 7.83. The second-order valence-corrected chi connectivity index (χ2v) is 9.49. The molecule has 4 rings (SSSR count). The molecule has 3 heterocycles. The molecule has 1 atom stereocenters. The first kappa shape index (κ1) is 17.3. The minimum Gasteiger partial charge on any atom is -0.497 e. The summed E-state index contributed by atoms with van der Waals surface area (Å²) in [5.74, 6) is 0.315. The minimum absolute atomic E-state index is 0.102. The number of anilines is 1. The van der Waals surface area contributed by atoms with Crippen molar-refractivity contribution in [2.45, 2.75) is 22.1 Å². The molecule has 8 heteroatoms. The summed E-state index contributed by atoms with van der Waals surface area (Å²) in [6.45, 7) is 0. The fourth-order valence-electron chi connectivity index (χ4n) is 3.03. The van der Waals surface area contributed by atoms with Crippen LogP contribution in [0.3, 0.4) is 0 Å². The molecule has 1 aliphatic rings. The molecule has 0 saturated carbocycles. The van der Waals surface area contributed by atoms with Crippen LogP contribution in [0, 0.1) is 0 Å². The Kier molecular flexibility index (Phi) is 4.34. The molecular weight excluding hydrogens is 390 g/mol. The number of benzene rings is 1. The second-order valence-electron chi connectivity index (χ2n) is 5.88. The Morgan fingerprint density at radius 1 is 1.15 bits per heavy atom. The lowest BCUT2D eigenvalue weighted by molar-refractivity contribution is -0.116. The van der Waals surface area contributed by atoms with Gasteiger partial charge >= 0.3 is 0 Å². The topological polar surface area (TPSA) is 72.5 Å². The fourth-order valence-corrected chi connectivity index (χ4v) is 6.65. The molecule has 0 spiro atoms. The van der Waals surface area contributed by atoms with Crippen LogP contribution in [0.5, 0.6) is 5.75 Å². The van der Waals surface area contributed by atoms with Crippen LogP contribution in [0.2, 0.25) is 0 Å². The number of rotatable bonds is 4. The van der Waals surface area contributed by atoms with Crippen LogP contribution >= 0.6 is 22.7 Å². The van der Waals surface area contributed by atoms with Gasteiger partial charge in [0.25, 0.3) is 0 Å². The SMILES string of the molecule is COc1ccc(S(=O)(=O)c2csc3c2NC(=O)C[C@H]3c2ccsc2)cc1. The average molecular weight is 406 g/mol. The number of hydrogen-bond acceptors (Lipinski definition) is 6. The van der Waals surface area contributed by atoms with Crippen LogP contribution in [0.25, 0.3) is 0 Å². The number of thiophene rings is 2. The molecule has 1 aliphatic heterocycles. The summed E-state index contributed by atoms with van der Waals surface area (Å²) in [5, 5.41) is 8.36. The second kappa shape index (κ2) is 6.53. The van der Waals surface area contributed by atoms with E-state index in [1.807, 2.05) is 16.8 Å². The number of amides is 1. The quantitative estimate of drug-likeness (QED) is 0.709. The van der Waals surface area contributed by atoms with Crippen molar-refractivity contribution in [1.29, 1.82) is 0 Å². The highest BCUT2D eigenvalue weighted by molar-refractivity contribution is 7.91. The van der Waals surface area contributed by atoms with E-state index in [9.17, 15) is 13.2 Å². The van der Waals surface area contributed by atoms with Gasteiger partial charge in [-0.25, -0.2) is 8.42 Å². The molecule has 0 fully saturated rings. The van der Waals surface area contributed by atoms with E-state index in [2.05, 4.69) is 5.32 Å². The van der Waals surface area contributed by atoms with Gasteiger partial charge in [-0.15, -0.1) is 11.3 Å². The van der Waals surface area contributed by atoms with E-state index in [0.29, 0.717) is 17.9 Å². The van der Waals surface area contributed by atoms with Crippen molar-refractivity contribution in [2.75, 3.05) is 12.4 Å². The highest BCUT2D eigenvalue weighted by atomic mass is 32.2. The van der Waals surface area contributed by atoms with E-state index in [0.717, 1.165) is 10.4 Å². The van der Waals surface area contributed by atoms with Gasteiger partial charge in [0, 0.05) is 22.6 Å². The zero-order valence-corrected chi connectivity index (χ0v) is 16.2. The minimum atomic E-state index is -3.74. The summed E-state index contributed by atoms with van der Waals surface area (Å²) in [7, 11) is -2.21. The van der Waals surface area contributed by atoms with Crippen molar-refractivity contribution in [3.63, 3.8) is 0 Å². The summed E-state index contributed by atoms with van der Waals surface area (Å²) < 4.78 is 31.2. The molecule has 0 bridgehead atoms. The summed E-state index contributed by atoms with van der Waals surface area (Å²) in [5.41, 5.74) is 1.46. The molecule has 5 nitrogen and oxygen atoms in total. The van der Waals surface area contributed by atoms with Gasteiger partial charge in [-0.3, -0.25) is 4.79 Å². The number of methoxy groups -OCH3 is 1. The first-order valence-corrected chi connectivity index (χ1v) is 11.1. The first-order chi connectivity index (χ1) is 12.5. The summed E-state index contributed by atoms with van der Waals surface area (Å²) >= 11 is 2.94. The molecule has 1 N–H and O–H groups in total. The molecular formula is C18H15NO4S3. The van der Waals surface area contributed by atoms with Gasteiger partial charge in [-0.1, -0.05) is 0 Å². The lowest BCUT2D eigenvalue weighted by atomic mass is 9.93. The number of ether oxygens (including phenoxy) is 1. The van der Waals surface area contributed by atoms with Crippen LogP contribution in [0.15, 0.2) is 56.3 Å². The molecule has 0 unspecified atom stereocenters. The van der Waals surface area contributed by atoms with Crippen LogP contribution in [-0.2, 0) is 14.6 Å². The zero-order chi connectivity index (χ0) is 18.3. The molecule has 0 saturated heterocycles. The van der Waals surface area contributed by atoms with Gasteiger partial charge in [0.05, 0.1) is 17.7 Å². The van der Waals surface area contributed by atoms with Crippen LogP contribution in [0.1, 0.15) is 22.8 Å². The number of hydrogen-bond donors (Lipinski definition) is 1. The molecule has 1 aromatic carbocycles. The van der Waals surface area contributed by atoms with E-state index in [1.54, 1.807) is 28.8 Å². The Balaban J connectivity index is 1.80. The Labute approximate surface area is 159 Å². The van der Waals surface area contributed by atoms with E-state index in [1.165, 1.54) is 30.6 Å². The zero-order valence-electron chi connectivity index (χ0n) is 13.8. The van der Waals surface area contributed by atoms with Gasteiger partial charge in [-0.05, 0) is 46.7 Å². The standard InChI is InChI=1S/C18H15NO4S3/c1-23-12-2-4-13(5-3-12)26(21,22)15-10-25-18-14(11-6-7-24-9-11)8-16(20)19-17(15)18/h2-7,9-10,14H,8H2,1H3,(H,19,20)/t14-/m0/s1. The fraction of sp³-hybridized carbons (Fsp3) is 0.167. The smallest absolute Gasteiger partial charge is 0.225 e. The predicted molar refractivity (Wildman–Crippen MR) is 102 cm³/mol. The van der Waals surface area contributed by atoms with Crippen LogP contribution in [-0.4, -0.2) is 21.4 Å². The summed E-state index contributed by atoms with van der Waals surface area (Å²) in [6, 6.07) is 8.23. The molecule has 134 valence electrons. The molecule has 3 aromatic rings. The Morgan fingerprint density at radius 2 is 1.92 bits per heavy atom. The van der Waals surface area contributed by atoms with Gasteiger partial charge < -0.3 is 10.1 Å². The van der Waals surface area contributed by atoms with Crippen molar-refractivity contribution in [3.05, 3.63) is 56.9 Å². The Morgan fingerprint density at radius 3 is 2.58 bits per heavy atom. The number of sulfone groups is 1. The lowest BCUT2D eigenvalue weighted by Gasteiger charge is -2.22. The normalized spacial score (nSPS) is 16.8. The molecule has 0 aliphatic carbocycles. The molecule has 1 amide bonds. The summed E-state index contributed by atoms with van der Waals surface area (Å²) in [6.07, 6.45) is 0.326. The van der Waals surface area contributed by atoms with E-state index in [-0.39, 0.29) is 21.6 Å². The van der Waals surface area contributed by atoms with Crippen LogP contribution in [0.4, 0.5) is 5.69 Å². The summed E-state index contributed by atoms with van der Waals surface area (Å²) in [4.78, 5) is 13.4. The third-order valence-corrected chi connectivity index (χ3v) is 8.10. The van der Waals surface area contributed by atoms with E-state index < -0.39 is 9.84 Å². The maximum Gasteiger partial charge on any atom is 0.225 e. The van der Waals surface area contributed by atoms with Crippen molar-refractivity contribution < 1.29 is 17.9 Å². The van der Waals surface area contributed by atoms with Crippen molar-refractivity contribution >= 4 is 44.1 Å².